The van der Waals surface area contributed by atoms with Crippen molar-refractivity contribution in [3.8, 4) is 11.5 Å². The zero-order valence-corrected chi connectivity index (χ0v) is 14.6. The molecule has 0 saturated carbocycles. The number of aryl methyl sites for hydroxylation is 1. The maximum absolute atomic E-state index is 12.6. The Morgan fingerprint density at radius 1 is 1.44 bits per heavy atom. The number of rotatable bonds is 8. The molecule has 1 aromatic heterocycles. The second-order valence-corrected chi connectivity index (χ2v) is 5.84. The van der Waals surface area contributed by atoms with Crippen LogP contribution in [0.2, 0.25) is 0 Å². The highest BCUT2D eigenvalue weighted by Gasteiger charge is 2.14. The minimum absolute atomic E-state index is 0.115. The number of methoxy groups -OCH3 is 1. The average Bonchev–Trinajstić information content (AvgIpc) is 3.06. The van der Waals surface area contributed by atoms with Crippen molar-refractivity contribution in [2.45, 2.75) is 26.5 Å². The van der Waals surface area contributed by atoms with E-state index in [2.05, 4.69) is 15.0 Å². The molecular weight excluding hydrogens is 350 g/mol. The van der Waals surface area contributed by atoms with Crippen LogP contribution >= 0.6 is 11.3 Å². The number of halogens is 2. The van der Waals surface area contributed by atoms with Crippen LogP contribution < -0.4 is 14.8 Å². The van der Waals surface area contributed by atoms with Gasteiger partial charge in [0.1, 0.15) is 0 Å². The maximum atomic E-state index is 12.6. The lowest BCUT2D eigenvalue weighted by Gasteiger charge is -2.12. The molecule has 134 valence electrons. The Labute approximate surface area is 148 Å². The maximum Gasteiger partial charge on any atom is 0.387 e. The number of nitrogens with one attached hydrogen (secondary N) is 1. The summed E-state index contributed by atoms with van der Waals surface area (Å²) in [6.45, 7) is -0.676. The molecule has 0 radical (unpaired) electrons. The molecule has 1 aromatic carbocycles. The second kappa shape index (κ2) is 9.12. The van der Waals surface area contributed by atoms with Gasteiger partial charge in [-0.25, -0.2) is 4.98 Å². The van der Waals surface area contributed by atoms with E-state index in [1.165, 1.54) is 25.3 Å². The van der Waals surface area contributed by atoms with E-state index < -0.39 is 6.61 Å². The van der Waals surface area contributed by atoms with E-state index in [4.69, 9.17) is 4.74 Å². The average molecular weight is 368 g/mol. The molecule has 8 heteroatoms. The third-order valence-corrected chi connectivity index (χ3v) is 4.24. The number of thiazole rings is 1. The standard InChI is InChI=1S/C17H18F2N2O3S/c1-3-15-21-12(10-25-15)9-20-14(22)8-7-11-5-4-6-13(23-2)16(11)24-17(18)19/h4-8,10,17H,3,9H2,1-2H3,(H,20,22). The fourth-order valence-electron chi connectivity index (χ4n) is 2.03. The summed E-state index contributed by atoms with van der Waals surface area (Å²) in [5.74, 6) is -0.314. The fourth-order valence-corrected chi connectivity index (χ4v) is 2.78. The van der Waals surface area contributed by atoms with Crippen LogP contribution in [0.5, 0.6) is 11.5 Å². The number of hydrogen-bond donors (Lipinski definition) is 1. The lowest BCUT2D eigenvalue weighted by Crippen LogP contribution is -2.20. The van der Waals surface area contributed by atoms with Crippen LogP contribution in [0.1, 0.15) is 23.2 Å². The van der Waals surface area contributed by atoms with Crippen molar-refractivity contribution >= 4 is 23.3 Å². The number of nitrogens with zero attached hydrogens (tertiary/aromatic N) is 1. The highest BCUT2D eigenvalue weighted by Crippen LogP contribution is 2.33. The predicted octanol–water partition coefficient (Wildman–Crippen LogP) is 3.65. The van der Waals surface area contributed by atoms with Crippen LogP contribution in [0.4, 0.5) is 8.78 Å². The third kappa shape index (κ3) is 5.53. The van der Waals surface area contributed by atoms with Gasteiger partial charge in [0, 0.05) is 17.0 Å². The quantitative estimate of drug-likeness (QED) is 0.723. The molecule has 0 spiro atoms. The van der Waals surface area contributed by atoms with Gasteiger partial charge in [0.2, 0.25) is 5.91 Å². The Bertz CT molecular complexity index is 747. The Kier molecular flexibility index (Phi) is 6.88. The van der Waals surface area contributed by atoms with Gasteiger partial charge >= 0.3 is 6.61 Å². The summed E-state index contributed by atoms with van der Waals surface area (Å²) in [5.41, 5.74) is 1.10. The van der Waals surface area contributed by atoms with Crippen molar-refractivity contribution in [3.05, 3.63) is 45.9 Å². The van der Waals surface area contributed by atoms with Crippen molar-refractivity contribution in [1.82, 2.24) is 10.3 Å². The molecule has 1 amide bonds. The summed E-state index contributed by atoms with van der Waals surface area (Å²) < 4.78 is 34.6. The van der Waals surface area contributed by atoms with E-state index in [0.29, 0.717) is 12.1 Å². The molecule has 2 aromatic rings. The van der Waals surface area contributed by atoms with E-state index in [9.17, 15) is 13.6 Å². The highest BCUT2D eigenvalue weighted by molar-refractivity contribution is 7.09. The number of ether oxygens (including phenoxy) is 2. The first kappa shape index (κ1) is 18.9. The molecule has 0 fully saturated rings. The number of benzene rings is 1. The largest absolute Gasteiger partial charge is 0.493 e. The first-order valence-corrected chi connectivity index (χ1v) is 8.42. The molecule has 5 nitrogen and oxygen atoms in total. The topological polar surface area (TPSA) is 60.5 Å². The minimum Gasteiger partial charge on any atom is -0.493 e. The summed E-state index contributed by atoms with van der Waals surface area (Å²) in [6, 6.07) is 4.68. The molecule has 1 heterocycles. The van der Waals surface area contributed by atoms with E-state index in [1.807, 2.05) is 12.3 Å². The van der Waals surface area contributed by atoms with Gasteiger partial charge in [0.05, 0.1) is 24.4 Å². The number of carbonyl (C=O) groups excluding carboxylic acids is 1. The lowest BCUT2D eigenvalue weighted by atomic mass is 10.1. The Morgan fingerprint density at radius 2 is 2.24 bits per heavy atom. The smallest absolute Gasteiger partial charge is 0.387 e. The molecule has 2 rings (SSSR count). The number of para-hydroxylation sites is 1. The molecule has 0 aliphatic rings. The number of carbonyl (C=O) groups is 1. The molecule has 0 unspecified atom stereocenters. The minimum atomic E-state index is -2.99. The summed E-state index contributed by atoms with van der Waals surface area (Å²) >= 11 is 1.54. The number of alkyl halides is 2. The van der Waals surface area contributed by atoms with Gasteiger partial charge in [-0.3, -0.25) is 4.79 Å². The Hall–Kier alpha value is -2.48. The molecule has 1 N–H and O–H groups in total. The number of aromatic nitrogens is 1. The normalized spacial score (nSPS) is 11.1. The summed E-state index contributed by atoms with van der Waals surface area (Å²) in [6.07, 6.45) is 3.50. The highest BCUT2D eigenvalue weighted by atomic mass is 32.1. The van der Waals surface area contributed by atoms with Crippen LogP contribution in [0.25, 0.3) is 6.08 Å². The summed E-state index contributed by atoms with van der Waals surface area (Å²) in [7, 11) is 1.35. The third-order valence-electron chi connectivity index (χ3n) is 3.20. The first-order valence-electron chi connectivity index (χ1n) is 7.54. The zero-order valence-electron chi connectivity index (χ0n) is 13.8. The molecule has 0 atom stereocenters. The van der Waals surface area contributed by atoms with Crippen LogP contribution in [-0.2, 0) is 17.8 Å². The van der Waals surface area contributed by atoms with E-state index >= 15 is 0 Å². The van der Waals surface area contributed by atoms with Crippen LogP contribution in [0.3, 0.4) is 0 Å². The molecule has 0 bridgehead atoms. The van der Waals surface area contributed by atoms with Crippen molar-refractivity contribution in [3.63, 3.8) is 0 Å². The SMILES string of the molecule is CCc1nc(CNC(=O)C=Cc2cccc(OC)c2OC(F)F)cs1. The number of hydrogen-bond acceptors (Lipinski definition) is 5. The summed E-state index contributed by atoms with van der Waals surface area (Å²) in [4.78, 5) is 16.3. The van der Waals surface area contributed by atoms with Gasteiger partial charge in [-0.2, -0.15) is 8.78 Å². The zero-order chi connectivity index (χ0) is 18.2. The van der Waals surface area contributed by atoms with Gasteiger partial charge < -0.3 is 14.8 Å². The molecule has 25 heavy (non-hydrogen) atoms. The van der Waals surface area contributed by atoms with Crippen LogP contribution in [-0.4, -0.2) is 24.6 Å². The van der Waals surface area contributed by atoms with Crippen molar-refractivity contribution in [1.29, 1.82) is 0 Å². The van der Waals surface area contributed by atoms with Crippen molar-refractivity contribution < 1.29 is 23.0 Å². The van der Waals surface area contributed by atoms with Gasteiger partial charge in [-0.1, -0.05) is 19.1 Å². The van der Waals surface area contributed by atoms with Crippen LogP contribution in [0.15, 0.2) is 29.7 Å². The van der Waals surface area contributed by atoms with E-state index in [1.54, 1.807) is 23.5 Å². The van der Waals surface area contributed by atoms with Crippen molar-refractivity contribution in [2.75, 3.05) is 7.11 Å². The monoisotopic (exact) mass is 368 g/mol. The van der Waals surface area contributed by atoms with Gasteiger partial charge in [-0.05, 0) is 18.6 Å². The lowest BCUT2D eigenvalue weighted by molar-refractivity contribution is -0.116. The molecular formula is C17H18F2N2O3S. The Balaban J connectivity index is 2.03. The molecule has 0 aliphatic carbocycles. The molecule has 0 aliphatic heterocycles. The van der Waals surface area contributed by atoms with Crippen molar-refractivity contribution in [2.24, 2.45) is 0 Å². The number of amides is 1. The summed E-state index contributed by atoms with van der Waals surface area (Å²) in [5, 5.41) is 5.59. The predicted molar refractivity (Wildman–Crippen MR) is 92.0 cm³/mol. The molecule has 0 saturated heterocycles. The Morgan fingerprint density at radius 3 is 2.88 bits per heavy atom. The van der Waals surface area contributed by atoms with Crippen LogP contribution in [0, 0.1) is 0 Å². The first-order chi connectivity index (χ1) is 12.0. The van der Waals surface area contributed by atoms with Gasteiger partial charge in [-0.15, -0.1) is 11.3 Å². The van der Waals surface area contributed by atoms with Gasteiger partial charge in [0.15, 0.2) is 11.5 Å². The second-order valence-electron chi connectivity index (χ2n) is 4.89. The van der Waals surface area contributed by atoms with Gasteiger partial charge in [0.25, 0.3) is 0 Å². The fraction of sp³-hybridized carbons (Fsp3) is 0.294. The van der Waals surface area contributed by atoms with E-state index in [0.717, 1.165) is 17.1 Å². The van der Waals surface area contributed by atoms with E-state index in [-0.39, 0.29) is 17.4 Å².